The van der Waals surface area contributed by atoms with E-state index in [1.54, 1.807) is 54.6 Å². The van der Waals surface area contributed by atoms with Crippen LogP contribution >= 0.6 is 11.8 Å². The molecular weight excluding hydrogens is 488 g/mol. The number of hydrogen-bond donors (Lipinski definition) is 3. The number of fused-ring (bicyclic) bond motifs is 1. The normalized spacial score (nSPS) is 11.5. The smallest absolute Gasteiger partial charge is 0.336 e. The van der Waals surface area contributed by atoms with Crippen molar-refractivity contribution < 1.29 is 24.2 Å². The maximum Gasteiger partial charge on any atom is 0.336 e. The lowest BCUT2D eigenvalue weighted by atomic mass is 9.98. The van der Waals surface area contributed by atoms with Gasteiger partial charge in [0, 0.05) is 27.2 Å². The molecule has 188 valence electrons. The molecule has 0 bridgehead atoms. The van der Waals surface area contributed by atoms with Gasteiger partial charge in [-0.25, -0.2) is 4.79 Å². The minimum atomic E-state index is -1.09. The van der Waals surface area contributed by atoms with Crippen molar-refractivity contribution in [3.63, 3.8) is 0 Å². The molecule has 4 aromatic rings. The fourth-order valence-electron chi connectivity index (χ4n) is 3.83. The van der Waals surface area contributed by atoms with Crippen molar-refractivity contribution in [3.05, 3.63) is 96.1 Å². The summed E-state index contributed by atoms with van der Waals surface area (Å²) in [5, 5.41) is 16.0. The van der Waals surface area contributed by atoms with Gasteiger partial charge in [0.1, 0.15) is 5.75 Å². The number of rotatable bonds is 9. The summed E-state index contributed by atoms with van der Waals surface area (Å²) >= 11 is 1.40. The molecule has 0 saturated heterocycles. The van der Waals surface area contributed by atoms with Crippen molar-refractivity contribution in [1.29, 1.82) is 0 Å². The average molecular weight is 515 g/mol. The van der Waals surface area contributed by atoms with E-state index in [2.05, 4.69) is 10.6 Å². The number of carboxylic acids is 1. The van der Waals surface area contributed by atoms with Gasteiger partial charge in [-0.1, -0.05) is 24.3 Å². The fourth-order valence-corrected chi connectivity index (χ4v) is 4.69. The summed E-state index contributed by atoms with van der Waals surface area (Å²) in [7, 11) is 0. The lowest BCUT2D eigenvalue weighted by Crippen LogP contribution is -2.22. The highest BCUT2D eigenvalue weighted by atomic mass is 32.2. The first-order valence-electron chi connectivity index (χ1n) is 11.7. The predicted octanol–water partition coefficient (Wildman–Crippen LogP) is 6.31. The Bertz CT molecular complexity index is 1430. The summed E-state index contributed by atoms with van der Waals surface area (Å²) in [6, 6.07) is 24.4. The van der Waals surface area contributed by atoms with Gasteiger partial charge in [0.2, 0.25) is 5.91 Å². The zero-order valence-electron chi connectivity index (χ0n) is 20.4. The molecule has 0 aliphatic rings. The first-order valence-corrected chi connectivity index (χ1v) is 12.6. The van der Waals surface area contributed by atoms with Crippen LogP contribution in [0.5, 0.6) is 5.75 Å². The van der Waals surface area contributed by atoms with E-state index >= 15 is 0 Å². The van der Waals surface area contributed by atoms with Gasteiger partial charge in [-0.15, -0.1) is 11.8 Å². The number of hydrogen-bond acceptors (Lipinski definition) is 5. The Hall–Kier alpha value is -4.30. The van der Waals surface area contributed by atoms with E-state index in [-0.39, 0.29) is 22.3 Å². The molecule has 0 aliphatic carbocycles. The monoisotopic (exact) mass is 514 g/mol. The number of carboxylic acid groups (broad SMARTS) is 1. The van der Waals surface area contributed by atoms with Crippen LogP contribution in [0.1, 0.15) is 34.6 Å². The Balaban J connectivity index is 1.40. The van der Waals surface area contributed by atoms with Crippen LogP contribution in [0.2, 0.25) is 0 Å². The molecule has 8 heteroatoms. The lowest BCUT2D eigenvalue weighted by Gasteiger charge is -2.13. The van der Waals surface area contributed by atoms with E-state index in [4.69, 9.17) is 4.74 Å². The summed E-state index contributed by atoms with van der Waals surface area (Å²) < 4.78 is 5.42. The molecular formula is C29H26N2O5S. The third-order valence-electron chi connectivity index (χ3n) is 5.61. The van der Waals surface area contributed by atoms with Gasteiger partial charge in [-0.2, -0.15) is 0 Å². The Morgan fingerprint density at radius 1 is 0.838 bits per heavy atom. The molecule has 7 nitrogen and oxygen atoms in total. The van der Waals surface area contributed by atoms with Crippen molar-refractivity contribution >= 4 is 51.7 Å². The van der Waals surface area contributed by atoms with Gasteiger partial charge >= 0.3 is 5.97 Å². The summed E-state index contributed by atoms with van der Waals surface area (Å²) in [6.07, 6.45) is 0. The van der Waals surface area contributed by atoms with Crippen LogP contribution in [0.15, 0.2) is 89.8 Å². The number of carbonyl (C=O) groups is 3. The number of ether oxygens (including phenoxy) is 1. The van der Waals surface area contributed by atoms with Gasteiger partial charge in [-0.3, -0.25) is 9.59 Å². The van der Waals surface area contributed by atoms with Crippen molar-refractivity contribution in [2.45, 2.75) is 24.0 Å². The molecule has 0 radical (unpaired) electrons. The Kier molecular flexibility index (Phi) is 8.10. The number of carbonyl (C=O) groups excluding carboxylic acids is 2. The number of thioether (sulfide) groups is 1. The molecule has 0 aliphatic heterocycles. The van der Waals surface area contributed by atoms with Crippen LogP contribution in [-0.4, -0.2) is 34.7 Å². The largest absolute Gasteiger partial charge is 0.494 e. The van der Waals surface area contributed by atoms with Crippen molar-refractivity contribution in [3.8, 4) is 5.75 Å². The Morgan fingerprint density at radius 2 is 1.43 bits per heavy atom. The predicted molar refractivity (Wildman–Crippen MR) is 147 cm³/mol. The minimum absolute atomic E-state index is 0.0764. The second kappa shape index (κ2) is 11.6. The molecule has 37 heavy (non-hydrogen) atoms. The van der Waals surface area contributed by atoms with Gasteiger partial charge in [-0.05, 0) is 79.9 Å². The number of anilines is 2. The molecule has 2 amide bonds. The van der Waals surface area contributed by atoms with Crippen LogP contribution in [-0.2, 0) is 4.79 Å². The standard InChI is InChI=1S/C29H26N2O5S/c1-3-36-22-14-10-20(11-15-22)30-27(32)18(2)37-23-16-12-21(13-17-23)31-28(33)24-8-4-6-19-7-5-9-25(26(19)24)29(34)35/h4-18H,3H2,1-2H3,(H,30,32)(H,31,33)(H,34,35). The zero-order chi connectivity index (χ0) is 26.4. The van der Waals surface area contributed by atoms with Crippen LogP contribution < -0.4 is 15.4 Å². The maximum atomic E-state index is 13.0. The SMILES string of the molecule is CCOc1ccc(NC(=O)C(C)Sc2ccc(NC(=O)c3cccc4cccc(C(=O)O)c34)cc2)cc1. The van der Waals surface area contributed by atoms with E-state index in [1.165, 1.54) is 17.8 Å². The van der Waals surface area contributed by atoms with Gasteiger partial charge < -0.3 is 20.5 Å². The molecule has 0 heterocycles. The van der Waals surface area contributed by atoms with E-state index in [9.17, 15) is 19.5 Å². The molecule has 3 N–H and O–H groups in total. The second-order valence-corrected chi connectivity index (χ2v) is 9.61. The summed E-state index contributed by atoms with van der Waals surface area (Å²) in [6.45, 7) is 4.32. The first-order chi connectivity index (χ1) is 17.9. The van der Waals surface area contributed by atoms with Crippen LogP contribution in [0, 0.1) is 0 Å². The molecule has 0 fully saturated rings. The van der Waals surface area contributed by atoms with E-state index < -0.39 is 11.9 Å². The van der Waals surface area contributed by atoms with E-state index in [1.807, 2.05) is 38.1 Å². The van der Waals surface area contributed by atoms with Crippen LogP contribution in [0.3, 0.4) is 0 Å². The first kappa shape index (κ1) is 25.8. The summed E-state index contributed by atoms with van der Waals surface area (Å²) in [5.74, 6) is -0.870. The third kappa shape index (κ3) is 6.29. The Labute approximate surface area is 218 Å². The molecule has 1 atom stereocenters. The summed E-state index contributed by atoms with van der Waals surface area (Å²) in [4.78, 5) is 38.2. The van der Waals surface area contributed by atoms with Crippen molar-refractivity contribution in [2.75, 3.05) is 17.2 Å². The highest BCUT2D eigenvalue weighted by molar-refractivity contribution is 8.00. The zero-order valence-corrected chi connectivity index (χ0v) is 21.2. The van der Waals surface area contributed by atoms with E-state index in [0.29, 0.717) is 28.8 Å². The van der Waals surface area contributed by atoms with Gasteiger partial charge in [0.15, 0.2) is 0 Å². The molecule has 1 unspecified atom stereocenters. The lowest BCUT2D eigenvalue weighted by molar-refractivity contribution is -0.115. The molecule has 4 aromatic carbocycles. The topological polar surface area (TPSA) is 105 Å². The number of aromatic carboxylic acids is 1. The van der Waals surface area contributed by atoms with Crippen LogP contribution in [0.25, 0.3) is 10.8 Å². The third-order valence-corrected chi connectivity index (χ3v) is 6.72. The highest BCUT2D eigenvalue weighted by Crippen LogP contribution is 2.28. The maximum absolute atomic E-state index is 13.0. The van der Waals surface area contributed by atoms with Crippen molar-refractivity contribution in [1.82, 2.24) is 0 Å². The van der Waals surface area contributed by atoms with Crippen LogP contribution in [0.4, 0.5) is 11.4 Å². The molecule has 0 saturated carbocycles. The van der Waals surface area contributed by atoms with E-state index in [0.717, 1.165) is 10.6 Å². The molecule has 4 rings (SSSR count). The second-order valence-electron chi connectivity index (χ2n) is 8.20. The molecule has 0 aromatic heterocycles. The number of amides is 2. The number of benzene rings is 4. The van der Waals surface area contributed by atoms with Gasteiger partial charge in [0.05, 0.1) is 17.4 Å². The average Bonchev–Trinajstić information content (AvgIpc) is 2.90. The summed E-state index contributed by atoms with van der Waals surface area (Å²) in [5.41, 5.74) is 1.62. The quantitative estimate of drug-likeness (QED) is 0.226. The Morgan fingerprint density at radius 3 is 2.05 bits per heavy atom. The molecule has 0 spiro atoms. The van der Waals surface area contributed by atoms with Gasteiger partial charge in [0.25, 0.3) is 5.91 Å². The van der Waals surface area contributed by atoms with Crippen molar-refractivity contribution in [2.24, 2.45) is 0 Å². The fraction of sp³-hybridized carbons (Fsp3) is 0.138. The minimum Gasteiger partial charge on any atom is -0.494 e. The highest BCUT2D eigenvalue weighted by Gasteiger charge is 2.18. The number of nitrogens with one attached hydrogen (secondary N) is 2.